The molecule has 0 N–H and O–H groups in total. The Balaban J connectivity index is 2.17. The van der Waals surface area contributed by atoms with Crippen LogP contribution < -0.4 is 4.74 Å². The van der Waals surface area contributed by atoms with Crippen molar-refractivity contribution >= 4 is 11.7 Å². The van der Waals surface area contributed by atoms with E-state index >= 15 is 0 Å². The predicted octanol–water partition coefficient (Wildman–Crippen LogP) is 3.22. The van der Waals surface area contributed by atoms with Gasteiger partial charge in [-0.15, -0.1) is 0 Å². The van der Waals surface area contributed by atoms with E-state index in [4.69, 9.17) is 14.7 Å². The van der Waals surface area contributed by atoms with E-state index < -0.39 is 10.9 Å². The normalized spacial score (nSPS) is 9.83. The maximum absolute atomic E-state index is 12.1. The van der Waals surface area contributed by atoms with E-state index in [1.807, 2.05) is 6.07 Å². The smallest absolute Gasteiger partial charge is 0.338 e. The van der Waals surface area contributed by atoms with E-state index in [1.165, 1.54) is 12.1 Å². The van der Waals surface area contributed by atoms with Crippen molar-refractivity contribution in [1.29, 1.82) is 5.26 Å². The second kappa shape index (κ2) is 7.74. The first kappa shape index (κ1) is 17.0. The topological polar surface area (TPSA) is 102 Å². The molecule has 7 heteroatoms. The molecule has 0 aliphatic heterocycles. The van der Waals surface area contributed by atoms with Gasteiger partial charge in [-0.1, -0.05) is 18.2 Å². The molecule has 0 aliphatic carbocycles. The highest BCUT2D eigenvalue weighted by Crippen LogP contribution is 2.28. The highest BCUT2D eigenvalue weighted by atomic mass is 16.6. The number of esters is 1. The van der Waals surface area contributed by atoms with Gasteiger partial charge in [-0.3, -0.25) is 10.1 Å². The Bertz CT molecular complexity index is 811. The number of nitro groups is 1. The van der Waals surface area contributed by atoms with Crippen molar-refractivity contribution in [2.24, 2.45) is 0 Å². The first-order valence-electron chi connectivity index (χ1n) is 7.13. The lowest BCUT2D eigenvalue weighted by Crippen LogP contribution is -2.07. The summed E-state index contributed by atoms with van der Waals surface area (Å²) in [6, 6.07) is 12.6. The standard InChI is InChI=1S/C17H14N2O5/c1-2-23-16-8-7-12(9-15(16)19(21)22)17(20)24-11-14-6-4-3-5-13(14)10-18/h3-9H,2,11H2,1H3. The largest absolute Gasteiger partial charge is 0.487 e. The van der Waals surface area contributed by atoms with E-state index in [2.05, 4.69) is 0 Å². The van der Waals surface area contributed by atoms with Crippen molar-refractivity contribution < 1.29 is 19.2 Å². The molecule has 0 aromatic heterocycles. The molecule has 0 saturated carbocycles. The van der Waals surface area contributed by atoms with Crippen LogP contribution in [-0.4, -0.2) is 17.5 Å². The van der Waals surface area contributed by atoms with Crippen LogP contribution in [0, 0.1) is 21.4 Å². The Kier molecular flexibility index (Phi) is 5.47. The molecule has 122 valence electrons. The fourth-order valence-corrected chi connectivity index (χ4v) is 2.05. The fourth-order valence-electron chi connectivity index (χ4n) is 2.05. The Morgan fingerprint density at radius 1 is 1.29 bits per heavy atom. The Morgan fingerprint density at radius 3 is 2.71 bits per heavy atom. The summed E-state index contributed by atoms with van der Waals surface area (Å²) in [5.41, 5.74) is 0.708. The van der Waals surface area contributed by atoms with Gasteiger partial charge in [0.25, 0.3) is 0 Å². The summed E-state index contributed by atoms with van der Waals surface area (Å²) in [5, 5.41) is 20.1. The fraction of sp³-hybridized carbons (Fsp3) is 0.176. The van der Waals surface area contributed by atoms with Crippen LogP contribution in [0.2, 0.25) is 0 Å². The molecule has 0 atom stereocenters. The molecule has 2 aromatic rings. The molecule has 0 heterocycles. The summed E-state index contributed by atoms with van der Waals surface area (Å²) >= 11 is 0. The van der Waals surface area contributed by atoms with Crippen molar-refractivity contribution in [3.05, 3.63) is 69.3 Å². The second-order valence-electron chi connectivity index (χ2n) is 4.72. The summed E-state index contributed by atoms with van der Waals surface area (Å²) < 4.78 is 10.3. The summed E-state index contributed by atoms with van der Waals surface area (Å²) in [6.45, 7) is 1.89. The van der Waals surface area contributed by atoms with Gasteiger partial charge in [0.2, 0.25) is 0 Å². The molecule has 0 fully saturated rings. The van der Waals surface area contributed by atoms with E-state index in [0.29, 0.717) is 11.1 Å². The van der Waals surface area contributed by atoms with Gasteiger partial charge in [-0.2, -0.15) is 5.26 Å². The SMILES string of the molecule is CCOc1ccc(C(=O)OCc2ccccc2C#N)cc1[N+](=O)[O-]. The molecule has 0 spiro atoms. The van der Waals surface area contributed by atoms with Gasteiger partial charge in [-0.25, -0.2) is 4.79 Å². The van der Waals surface area contributed by atoms with Crippen LogP contribution in [0.4, 0.5) is 5.69 Å². The number of benzene rings is 2. The molecular weight excluding hydrogens is 312 g/mol. The van der Waals surface area contributed by atoms with Gasteiger partial charge < -0.3 is 9.47 Å². The Labute approximate surface area is 138 Å². The lowest BCUT2D eigenvalue weighted by molar-refractivity contribution is -0.385. The molecule has 0 amide bonds. The summed E-state index contributed by atoms with van der Waals surface area (Å²) in [6.07, 6.45) is 0. The van der Waals surface area contributed by atoms with Crippen molar-refractivity contribution in [3.8, 4) is 11.8 Å². The van der Waals surface area contributed by atoms with Crippen LogP contribution >= 0.6 is 0 Å². The average Bonchev–Trinajstić information content (AvgIpc) is 2.60. The Hall–Kier alpha value is -3.40. The van der Waals surface area contributed by atoms with E-state index in [-0.39, 0.29) is 30.2 Å². The third kappa shape index (κ3) is 3.87. The third-order valence-electron chi connectivity index (χ3n) is 3.19. The Morgan fingerprint density at radius 2 is 2.04 bits per heavy atom. The van der Waals surface area contributed by atoms with Crippen molar-refractivity contribution in [3.63, 3.8) is 0 Å². The monoisotopic (exact) mass is 326 g/mol. The van der Waals surface area contributed by atoms with Gasteiger partial charge in [0.1, 0.15) is 6.61 Å². The molecule has 0 saturated heterocycles. The second-order valence-corrected chi connectivity index (χ2v) is 4.72. The number of hydrogen-bond donors (Lipinski definition) is 0. The molecule has 0 bridgehead atoms. The van der Waals surface area contributed by atoms with Gasteiger partial charge in [0.05, 0.1) is 28.7 Å². The summed E-state index contributed by atoms with van der Waals surface area (Å²) in [7, 11) is 0. The molecule has 0 unspecified atom stereocenters. The number of nitro benzene ring substituents is 1. The third-order valence-corrected chi connectivity index (χ3v) is 3.19. The predicted molar refractivity (Wildman–Crippen MR) is 84.5 cm³/mol. The first-order chi connectivity index (χ1) is 11.6. The van der Waals surface area contributed by atoms with Crippen LogP contribution in [0.5, 0.6) is 5.75 Å². The quantitative estimate of drug-likeness (QED) is 0.459. The molecule has 0 aliphatic rings. The van der Waals surface area contributed by atoms with E-state index in [9.17, 15) is 14.9 Å². The maximum Gasteiger partial charge on any atom is 0.338 e. The number of carbonyl (C=O) groups excluding carboxylic acids is 1. The van der Waals surface area contributed by atoms with E-state index in [1.54, 1.807) is 31.2 Å². The number of hydrogen-bond acceptors (Lipinski definition) is 6. The average molecular weight is 326 g/mol. The highest BCUT2D eigenvalue weighted by molar-refractivity contribution is 5.90. The van der Waals surface area contributed by atoms with E-state index in [0.717, 1.165) is 6.07 Å². The van der Waals surface area contributed by atoms with Crippen molar-refractivity contribution in [2.45, 2.75) is 13.5 Å². The summed E-state index contributed by atoms with van der Waals surface area (Å²) in [5.74, 6) is -0.622. The number of carbonyl (C=O) groups is 1. The zero-order chi connectivity index (χ0) is 17.5. The zero-order valence-electron chi connectivity index (χ0n) is 12.9. The minimum Gasteiger partial charge on any atom is -0.487 e. The number of nitriles is 1. The zero-order valence-corrected chi connectivity index (χ0v) is 12.9. The van der Waals surface area contributed by atoms with Crippen LogP contribution in [0.1, 0.15) is 28.4 Å². The van der Waals surface area contributed by atoms with Crippen molar-refractivity contribution in [1.82, 2.24) is 0 Å². The van der Waals surface area contributed by atoms with Crippen molar-refractivity contribution in [2.75, 3.05) is 6.61 Å². The molecule has 24 heavy (non-hydrogen) atoms. The minimum absolute atomic E-state index is 0.0413. The molecule has 2 rings (SSSR count). The van der Waals surface area contributed by atoms with Crippen LogP contribution in [0.25, 0.3) is 0 Å². The summed E-state index contributed by atoms with van der Waals surface area (Å²) in [4.78, 5) is 22.5. The van der Waals surface area contributed by atoms with Gasteiger partial charge in [0.15, 0.2) is 5.75 Å². The number of rotatable bonds is 6. The van der Waals surface area contributed by atoms with Gasteiger partial charge in [0, 0.05) is 11.6 Å². The number of ether oxygens (including phenoxy) is 2. The van der Waals surface area contributed by atoms with Crippen LogP contribution in [0.15, 0.2) is 42.5 Å². The van der Waals surface area contributed by atoms with Gasteiger partial charge in [-0.05, 0) is 25.1 Å². The van der Waals surface area contributed by atoms with Gasteiger partial charge >= 0.3 is 11.7 Å². The maximum atomic E-state index is 12.1. The lowest BCUT2D eigenvalue weighted by atomic mass is 10.1. The minimum atomic E-state index is -0.714. The molecule has 0 radical (unpaired) electrons. The molecule has 2 aromatic carbocycles. The molecule has 7 nitrogen and oxygen atoms in total. The first-order valence-corrected chi connectivity index (χ1v) is 7.13. The van der Waals surface area contributed by atoms with Crippen LogP contribution in [0.3, 0.4) is 0 Å². The number of nitrogens with zero attached hydrogens (tertiary/aromatic N) is 2. The molecular formula is C17H14N2O5. The van der Waals surface area contributed by atoms with Crippen LogP contribution in [-0.2, 0) is 11.3 Å². The highest BCUT2D eigenvalue weighted by Gasteiger charge is 2.19. The lowest BCUT2D eigenvalue weighted by Gasteiger charge is -2.08.